The lowest BCUT2D eigenvalue weighted by Gasteiger charge is -2.32. The molecule has 1 N–H and O–H groups in total. The molecule has 0 bridgehead atoms. The van der Waals surface area contributed by atoms with Crippen LogP contribution in [0.2, 0.25) is 0 Å². The fraction of sp³-hybridized carbons (Fsp3) is 0.692. The Morgan fingerprint density at radius 2 is 2.10 bits per heavy atom. The third-order valence-electron chi connectivity index (χ3n) is 3.57. The molecule has 1 saturated heterocycles. The highest BCUT2D eigenvalue weighted by Crippen LogP contribution is 2.18. The lowest BCUT2D eigenvalue weighted by molar-refractivity contribution is 0.230. The van der Waals surface area contributed by atoms with E-state index in [0.29, 0.717) is 12.6 Å². The maximum Gasteiger partial charge on any atom is 0.148 e. The van der Waals surface area contributed by atoms with Gasteiger partial charge in [-0.05, 0) is 19.1 Å². The normalized spacial score (nSPS) is 17.8. The van der Waals surface area contributed by atoms with Gasteiger partial charge in [0.15, 0.2) is 0 Å². The van der Waals surface area contributed by atoms with E-state index in [1.807, 2.05) is 12.3 Å². The number of nitrogens with zero attached hydrogens (tertiary/aromatic N) is 3. The molecular weight excluding hydrogens is 308 g/mol. The van der Waals surface area contributed by atoms with E-state index in [4.69, 9.17) is 0 Å². The third-order valence-corrected chi connectivity index (χ3v) is 5.13. The highest BCUT2D eigenvalue weighted by atomic mass is 32.2. The molecule has 0 radical (unpaired) electrons. The number of anilines is 1. The molecule has 0 aliphatic carbocycles. The van der Waals surface area contributed by atoms with Gasteiger partial charge in [-0.3, -0.25) is 0 Å². The number of hydrogen-bond donors (Lipinski definition) is 1. The molecule has 0 spiro atoms. The minimum atomic E-state index is -2.87. The van der Waals surface area contributed by atoms with Crippen LogP contribution in [0.15, 0.2) is 17.4 Å². The van der Waals surface area contributed by atoms with Gasteiger partial charge in [0.1, 0.15) is 27.0 Å². The summed E-state index contributed by atoms with van der Waals surface area (Å²) >= 11 is 1.60. The first-order valence-corrected chi connectivity index (χ1v) is 10.3. The van der Waals surface area contributed by atoms with Crippen LogP contribution in [-0.2, 0) is 9.84 Å². The summed E-state index contributed by atoms with van der Waals surface area (Å²) in [6.45, 7) is 2.48. The molecule has 0 aromatic carbocycles. The lowest BCUT2D eigenvalue weighted by atomic mass is 10.1. The second-order valence-corrected chi connectivity index (χ2v) is 8.42. The molecule has 2 rings (SSSR count). The monoisotopic (exact) mass is 330 g/mol. The summed E-state index contributed by atoms with van der Waals surface area (Å²) in [6, 6.07) is 2.35. The molecule has 1 aromatic heterocycles. The fourth-order valence-corrected chi connectivity index (χ4v) is 3.31. The van der Waals surface area contributed by atoms with Crippen LogP contribution in [0.25, 0.3) is 0 Å². The first-order valence-electron chi connectivity index (χ1n) is 6.99. The molecule has 1 aromatic rings. The Labute approximate surface area is 130 Å². The first-order chi connectivity index (χ1) is 9.96. The third kappa shape index (κ3) is 5.80. The number of nitrogens with one attached hydrogen (secondary N) is 1. The van der Waals surface area contributed by atoms with Gasteiger partial charge >= 0.3 is 0 Å². The summed E-state index contributed by atoms with van der Waals surface area (Å²) in [5.74, 6) is 1.11. The summed E-state index contributed by atoms with van der Waals surface area (Å²) in [7, 11) is -2.87. The van der Waals surface area contributed by atoms with Gasteiger partial charge < -0.3 is 10.2 Å². The molecule has 0 saturated carbocycles. The van der Waals surface area contributed by atoms with E-state index in [0.717, 1.165) is 36.8 Å². The predicted octanol–water partition coefficient (Wildman–Crippen LogP) is 1.12. The molecule has 1 aliphatic heterocycles. The fourth-order valence-electron chi connectivity index (χ4n) is 2.33. The molecule has 21 heavy (non-hydrogen) atoms. The van der Waals surface area contributed by atoms with E-state index in [9.17, 15) is 8.42 Å². The van der Waals surface area contributed by atoms with Crippen LogP contribution in [-0.4, -0.2) is 67.2 Å². The number of sulfone groups is 1. The van der Waals surface area contributed by atoms with Gasteiger partial charge in [0.2, 0.25) is 0 Å². The van der Waals surface area contributed by atoms with Gasteiger partial charge in [0.05, 0.1) is 5.75 Å². The zero-order chi connectivity index (χ0) is 15.3. The standard InChI is InChI=1S/C13H22N4O2S2/c1-20-13-9-12(14-10-15-13)16-11-3-5-17(6-4-11)7-8-21(2,18)19/h9-11H,3-8H2,1-2H3,(H,14,15,16). The van der Waals surface area contributed by atoms with Gasteiger partial charge in [-0.15, -0.1) is 11.8 Å². The number of piperidine rings is 1. The molecule has 0 unspecified atom stereocenters. The van der Waals surface area contributed by atoms with Crippen molar-refractivity contribution < 1.29 is 8.42 Å². The summed E-state index contributed by atoms with van der Waals surface area (Å²) < 4.78 is 22.4. The minimum Gasteiger partial charge on any atom is -0.367 e. The first kappa shape index (κ1) is 16.5. The Hall–Kier alpha value is -0.860. The van der Waals surface area contributed by atoms with Crippen molar-refractivity contribution in [1.29, 1.82) is 0 Å². The molecule has 6 nitrogen and oxygen atoms in total. The van der Waals surface area contributed by atoms with Gasteiger partial charge in [0.25, 0.3) is 0 Å². The van der Waals surface area contributed by atoms with Gasteiger partial charge in [-0.25, -0.2) is 18.4 Å². The Morgan fingerprint density at radius 3 is 2.71 bits per heavy atom. The molecule has 1 aliphatic rings. The quantitative estimate of drug-likeness (QED) is 0.619. The zero-order valence-corrected chi connectivity index (χ0v) is 14.1. The smallest absolute Gasteiger partial charge is 0.148 e. The molecule has 0 amide bonds. The van der Waals surface area contributed by atoms with E-state index in [1.54, 1.807) is 18.1 Å². The van der Waals surface area contributed by atoms with E-state index in [-0.39, 0.29) is 5.75 Å². The Kier molecular flexibility index (Phi) is 5.83. The topological polar surface area (TPSA) is 75.2 Å². The van der Waals surface area contributed by atoms with Crippen molar-refractivity contribution in [3.63, 3.8) is 0 Å². The van der Waals surface area contributed by atoms with Crippen molar-refractivity contribution in [3.8, 4) is 0 Å². The molecule has 2 heterocycles. The van der Waals surface area contributed by atoms with E-state index in [2.05, 4.69) is 20.2 Å². The van der Waals surface area contributed by atoms with Crippen LogP contribution in [0.4, 0.5) is 5.82 Å². The van der Waals surface area contributed by atoms with Crippen LogP contribution >= 0.6 is 11.8 Å². The van der Waals surface area contributed by atoms with Crippen molar-refractivity contribution >= 4 is 27.4 Å². The molecule has 1 fully saturated rings. The molecule has 118 valence electrons. The maximum atomic E-state index is 11.2. The number of hydrogen-bond acceptors (Lipinski definition) is 7. The second-order valence-electron chi connectivity index (χ2n) is 5.34. The van der Waals surface area contributed by atoms with Crippen molar-refractivity contribution in [2.45, 2.75) is 23.9 Å². The van der Waals surface area contributed by atoms with Gasteiger partial charge in [-0.1, -0.05) is 0 Å². The highest BCUT2D eigenvalue weighted by molar-refractivity contribution is 7.98. The minimum absolute atomic E-state index is 0.244. The number of thioether (sulfide) groups is 1. The van der Waals surface area contributed by atoms with Crippen molar-refractivity contribution in [2.24, 2.45) is 0 Å². The van der Waals surface area contributed by atoms with Crippen molar-refractivity contribution in [2.75, 3.05) is 43.2 Å². The van der Waals surface area contributed by atoms with Crippen LogP contribution in [0.1, 0.15) is 12.8 Å². The Balaban J connectivity index is 1.78. The molecule has 8 heteroatoms. The second kappa shape index (κ2) is 7.42. The zero-order valence-electron chi connectivity index (χ0n) is 12.4. The van der Waals surface area contributed by atoms with E-state index >= 15 is 0 Å². The number of aromatic nitrogens is 2. The largest absolute Gasteiger partial charge is 0.367 e. The van der Waals surface area contributed by atoms with Crippen LogP contribution in [0, 0.1) is 0 Å². The Bertz CT molecular complexity index is 557. The average Bonchev–Trinajstić information content (AvgIpc) is 2.46. The van der Waals surface area contributed by atoms with Crippen LogP contribution < -0.4 is 5.32 Å². The average molecular weight is 330 g/mol. The summed E-state index contributed by atoms with van der Waals surface area (Å²) in [6.07, 6.45) is 6.87. The van der Waals surface area contributed by atoms with Crippen molar-refractivity contribution in [1.82, 2.24) is 14.9 Å². The number of likely N-dealkylation sites (tertiary alicyclic amines) is 1. The highest BCUT2D eigenvalue weighted by Gasteiger charge is 2.20. The van der Waals surface area contributed by atoms with Crippen molar-refractivity contribution in [3.05, 3.63) is 12.4 Å². The summed E-state index contributed by atoms with van der Waals surface area (Å²) in [4.78, 5) is 10.6. The number of rotatable bonds is 6. The van der Waals surface area contributed by atoms with Gasteiger partial charge in [-0.2, -0.15) is 0 Å². The Morgan fingerprint density at radius 1 is 1.38 bits per heavy atom. The molecular formula is C13H22N4O2S2. The van der Waals surface area contributed by atoms with E-state index in [1.165, 1.54) is 6.26 Å². The summed E-state index contributed by atoms with van der Waals surface area (Å²) in [5.41, 5.74) is 0. The SMILES string of the molecule is CSc1cc(NC2CCN(CCS(C)(=O)=O)CC2)ncn1. The summed E-state index contributed by atoms with van der Waals surface area (Å²) in [5, 5.41) is 4.40. The lowest BCUT2D eigenvalue weighted by Crippen LogP contribution is -2.41. The maximum absolute atomic E-state index is 11.2. The van der Waals surface area contributed by atoms with Gasteiger partial charge in [0, 0.05) is 38.0 Å². The molecule has 0 atom stereocenters. The predicted molar refractivity (Wildman–Crippen MR) is 86.6 cm³/mol. The van der Waals surface area contributed by atoms with Crippen LogP contribution in [0.5, 0.6) is 0 Å². The van der Waals surface area contributed by atoms with E-state index < -0.39 is 9.84 Å². The van der Waals surface area contributed by atoms with Crippen LogP contribution in [0.3, 0.4) is 0 Å².